The molecule has 11 heteroatoms. The van der Waals surface area contributed by atoms with Crippen LogP contribution in [0.25, 0.3) is 0 Å². The minimum Gasteiger partial charge on any atom is -0.492 e. The van der Waals surface area contributed by atoms with Gasteiger partial charge in [-0.2, -0.15) is 0 Å². The van der Waals surface area contributed by atoms with Gasteiger partial charge in [-0.3, -0.25) is 9.59 Å². The Morgan fingerprint density at radius 3 is 2.59 bits per heavy atom. The van der Waals surface area contributed by atoms with Crippen LogP contribution in [0.1, 0.15) is 12.7 Å². The lowest BCUT2D eigenvalue weighted by molar-refractivity contribution is -0.116. The Bertz CT molecular complexity index is 1190. The molecule has 8 nitrogen and oxygen atoms in total. The number of rotatable bonds is 11. The molecule has 2 aromatic carbocycles. The topological polar surface area (TPSA) is 98.1 Å². The molecule has 2 N–H and O–H groups in total. The highest BCUT2D eigenvalue weighted by Gasteiger charge is 2.18. The van der Waals surface area contributed by atoms with E-state index in [0.29, 0.717) is 46.3 Å². The van der Waals surface area contributed by atoms with Crippen molar-refractivity contribution in [1.82, 2.24) is 14.8 Å². The molecule has 1 aromatic heterocycles. The Hall–Kier alpha value is -3.01. The first kappa shape index (κ1) is 25.6. The van der Waals surface area contributed by atoms with Crippen molar-refractivity contribution >= 4 is 58.2 Å². The molecule has 0 aliphatic carbocycles. The summed E-state index contributed by atoms with van der Waals surface area (Å²) in [6.45, 7) is 6.50. The Balaban J connectivity index is 1.64. The lowest BCUT2D eigenvalue weighted by atomic mass is 10.3. The Morgan fingerprint density at radius 2 is 1.82 bits per heavy atom. The molecule has 3 rings (SSSR count). The van der Waals surface area contributed by atoms with Crippen molar-refractivity contribution in [2.75, 3.05) is 23.0 Å². The first-order valence-electron chi connectivity index (χ1n) is 10.3. The minimum atomic E-state index is -0.330. The highest BCUT2D eigenvalue weighted by atomic mass is 35.5. The molecule has 178 valence electrons. The van der Waals surface area contributed by atoms with Gasteiger partial charge >= 0.3 is 0 Å². The number of thioether (sulfide) groups is 1. The van der Waals surface area contributed by atoms with E-state index in [1.807, 2.05) is 19.1 Å². The fourth-order valence-electron chi connectivity index (χ4n) is 2.98. The third kappa shape index (κ3) is 6.75. The lowest BCUT2D eigenvalue weighted by Gasteiger charge is -2.11. The summed E-state index contributed by atoms with van der Waals surface area (Å²) in [5.41, 5.74) is 1.01. The van der Waals surface area contributed by atoms with Gasteiger partial charge in [-0.15, -0.1) is 16.8 Å². The fourth-order valence-corrected chi connectivity index (χ4v) is 4.09. The SMILES string of the molecule is C=CCn1c(CC(=O)Nc2cccc(Cl)c2Cl)nnc1SCC(=O)Nc1ccccc1OCC. The van der Waals surface area contributed by atoms with Gasteiger partial charge in [-0.1, -0.05) is 59.2 Å². The first-order valence-corrected chi connectivity index (χ1v) is 12.1. The monoisotopic (exact) mass is 519 g/mol. The van der Waals surface area contributed by atoms with Gasteiger partial charge in [0.2, 0.25) is 11.8 Å². The Labute approximate surface area is 211 Å². The van der Waals surface area contributed by atoms with Crippen molar-refractivity contribution in [1.29, 1.82) is 0 Å². The normalized spacial score (nSPS) is 10.6. The van der Waals surface area contributed by atoms with Crippen LogP contribution < -0.4 is 15.4 Å². The molecule has 0 saturated heterocycles. The smallest absolute Gasteiger partial charge is 0.234 e. The van der Waals surface area contributed by atoms with Crippen LogP contribution in [-0.4, -0.2) is 38.9 Å². The number of nitrogens with one attached hydrogen (secondary N) is 2. The molecular formula is C23H23Cl2N5O3S. The summed E-state index contributed by atoms with van der Waals surface area (Å²) in [6.07, 6.45) is 1.62. The van der Waals surface area contributed by atoms with Gasteiger partial charge in [-0.25, -0.2) is 0 Å². The van der Waals surface area contributed by atoms with Crippen molar-refractivity contribution in [3.05, 3.63) is 71.0 Å². The average Bonchev–Trinajstić information content (AvgIpc) is 3.18. The zero-order valence-corrected chi connectivity index (χ0v) is 20.7. The highest BCUT2D eigenvalue weighted by molar-refractivity contribution is 7.99. The number of hydrogen-bond donors (Lipinski definition) is 2. The third-order valence-corrected chi connectivity index (χ3v) is 6.23. The lowest BCUT2D eigenvalue weighted by Crippen LogP contribution is -2.18. The summed E-state index contributed by atoms with van der Waals surface area (Å²) in [5.74, 6) is 0.579. The largest absolute Gasteiger partial charge is 0.492 e. The summed E-state index contributed by atoms with van der Waals surface area (Å²) in [6, 6.07) is 12.2. The predicted molar refractivity (Wildman–Crippen MR) is 136 cm³/mol. The van der Waals surface area contributed by atoms with Crippen molar-refractivity contribution in [2.45, 2.75) is 25.0 Å². The Kier molecular flexibility index (Phi) is 9.38. The molecule has 0 fully saturated rings. The van der Waals surface area contributed by atoms with Crippen LogP contribution in [0.4, 0.5) is 11.4 Å². The predicted octanol–water partition coefficient (Wildman–Crippen LogP) is 5.08. The second-order valence-corrected chi connectivity index (χ2v) is 8.62. The van der Waals surface area contributed by atoms with Gasteiger partial charge < -0.3 is 19.9 Å². The summed E-state index contributed by atoms with van der Waals surface area (Å²) >= 11 is 13.3. The van der Waals surface area contributed by atoms with E-state index >= 15 is 0 Å². The number of anilines is 2. The third-order valence-electron chi connectivity index (χ3n) is 4.44. The van der Waals surface area contributed by atoms with Crippen LogP contribution in [-0.2, 0) is 22.6 Å². The van der Waals surface area contributed by atoms with Gasteiger partial charge in [0, 0.05) is 6.54 Å². The quantitative estimate of drug-likeness (QED) is 0.270. The molecule has 1 heterocycles. The Morgan fingerprint density at radius 1 is 1.09 bits per heavy atom. The number of allylic oxidation sites excluding steroid dienone is 1. The summed E-state index contributed by atoms with van der Waals surface area (Å²) in [4.78, 5) is 25.1. The van der Waals surface area contributed by atoms with Crippen molar-refractivity contribution in [2.24, 2.45) is 0 Å². The summed E-state index contributed by atoms with van der Waals surface area (Å²) in [7, 11) is 0. The minimum absolute atomic E-state index is 0.0435. The fraction of sp³-hybridized carbons (Fsp3) is 0.217. The molecule has 2 amide bonds. The molecule has 0 unspecified atom stereocenters. The molecule has 0 bridgehead atoms. The van der Waals surface area contributed by atoms with Crippen molar-refractivity contribution < 1.29 is 14.3 Å². The van der Waals surface area contributed by atoms with Crippen molar-refractivity contribution in [3.8, 4) is 5.75 Å². The zero-order valence-electron chi connectivity index (χ0n) is 18.4. The maximum atomic E-state index is 12.6. The number of aromatic nitrogens is 3. The maximum absolute atomic E-state index is 12.6. The van der Waals surface area contributed by atoms with E-state index in [-0.39, 0.29) is 29.0 Å². The van der Waals surface area contributed by atoms with E-state index in [0.717, 1.165) is 0 Å². The van der Waals surface area contributed by atoms with E-state index in [9.17, 15) is 9.59 Å². The number of halogens is 2. The number of ether oxygens (including phenoxy) is 1. The van der Waals surface area contributed by atoms with Crippen LogP contribution in [0.5, 0.6) is 5.75 Å². The number of hydrogen-bond acceptors (Lipinski definition) is 6. The molecule has 0 saturated carbocycles. The first-order chi connectivity index (χ1) is 16.4. The second-order valence-electron chi connectivity index (χ2n) is 6.89. The molecule has 0 aliphatic rings. The number of nitrogens with zero attached hydrogens (tertiary/aromatic N) is 3. The highest BCUT2D eigenvalue weighted by Crippen LogP contribution is 2.29. The van der Waals surface area contributed by atoms with Gasteiger partial charge in [0.05, 0.1) is 40.2 Å². The summed E-state index contributed by atoms with van der Waals surface area (Å²) in [5, 5.41) is 14.9. The number of amides is 2. The zero-order chi connectivity index (χ0) is 24.5. The van der Waals surface area contributed by atoms with E-state index in [1.54, 1.807) is 41.0 Å². The number of benzene rings is 2. The van der Waals surface area contributed by atoms with Crippen LogP contribution in [0.2, 0.25) is 10.0 Å². The summed E-state index contributed by atoms with van der Waals surface area (Å²) < 4.78 is 7.27. The van der Waals surface area contributed by atoms with Crippen LogP contribution in [0, 0.1) is 0 Å². The molecule has 0 spiro atoms. The van der Waals surface area contributed by atoms with E-state index < -0.39 is 0 Å². The van der Waals surface area contributed by atoms with Crippen LogP contribution >= 0.6 is 35.0 Å². The van der Waals surface area contributed by atoms with Gasteiger partial charge in [-0.05, 0) is 31.2 Å². The number of para-hydroxylation sites is 2. The molecule has 0 aliphatic heterocycles. The molecule has 34 heavy (non-hydrogen) atoms. The number of carbonyl (C=O) groups is 2. The molecule has 0 radical (unpaired) electrons. The standard InChI is InChI=1S/C23H23Cl2N5O3S/c1-3-12-30-19(13-20(31)27-17-10-7-8-15(24)22(17)25)28-29-23(30)34-14-21(32)26-16-9-5-6-11-18(16)33-4-2/h3,5-11H,1,4,12-14H2,2H3,(H,26,32)(H,27,31). The molecule has 3 aromatic rings. The van der Waals surface area contributed by atoms with E-state index in [1.165, 1.54) is 11.8 Å². The number of carbonyl (C=O) groups excluding carboxylic acids is 2. The van der Waals surface area contributed by atoms with Crippen LogP contribution in [0.15, 0.2) is 60.3 Å². The van der Waals surface area contributed by atoms with E-state index in [2.05, 4.69) is 27.4 Å². The maximum Gasteiger partial charge on any atom is 0.234 e. The van der Waals surface area contributed by atoms with Crippen molar-refractivity contribution in [3.63, 3.8) is 0 Å². The van der Waals surface area contributed by atoms with Crippen LogP contribution in [0.3, 0.4) is 0 Å². The second kappa shape index (κ2) is 12.5. The van der Waals surface area contributed by atoms with E-state index in [4.69, 9.17) is 27.9 Å². The van der Waals surface area contributed by atoms with Gasteiger partial charge in [0.1, 0.15) is 11.6 Å². The van der Waals surface area contributed by atoms with Gasteiger partial charge in [0.25, 0.3) is 0 Å². The molecular weight excluding hydrogens is 497 g/mol. The molecule has 0 atom stereocenters. The van der Waals surface area contributed by atoms with Gasteiger partial charge in [0.15, 0.2) is 5.16 Å². The average molecular weight is 520 g/mol.